The lowest BCUT2D eigenvalue weighted by Gasteiger charge is -2.25. The third-order valence-corrected chi connectivity index (χ3v) is 3.70. The lowest BCUT2D eigenvalue weighted by atomic mass is 9.90. The zero-order valence-corrected chi connectivity index (χ0v) is 13.9. The molecule has 0 spiro atoms. The maximum atomic E-state index is 4.44. The summed E-state index contributed by atoms with van der Waals surface area (Å²) in [6.07, 6.45) is 3.88. The van der Waals surface area contributed by atoms with Crippen molar-refractivity contribution in [1.82, 2.24) is 9.97 Å². The molecule has 0 radical (unpaired) electrons. The Morgan fingerprint density at radius 2 is 1.70 bits per heavy atom. The van der Waals surface area contributed by atoms with Gasteiger partial charge in [0.2, 0.25) is 0 Å². The van der Waals surface area contributed by atoms with Crippen LogP contribution in [0.2, 0.25) is 0 Å². The van der Waals surface area contributed by atoms with E-state index in [9.17, 15) is 0 Å². The highest BCUT2D eigenvalue weighted by Crippen LogP contribution is 2.29. The van der Waals surface area contributed by atoms with Gasteiger partial charge in [-0.15, -0.1) is 0 Å². The molecule has 1 aromatic heterocycles. The van der Waals surface area contributed by atoms with Crippen molar-refractivity contribution in [2.24, 2.45) is 5.41 Å². The van der Waals surface area contributed by atoms with Crippen molar-refractivity contribution in [3.63, 3.8) is 0 Å². The van der Waals surface area contributed by atoms with Gasteiger partial charge in [-0.2, -0.15) is 0 Å². The summed E-state index contributed by atoms with van der Waals surface area (Å²) >= 11 is 0. The summed E-state index contributed by atoms with van der Waals surface area (Å²) in [6.45, 7) is 15.2. The number of hydrogen-bond acceptors (Lipinski definition) is 4. The number of rotatable bonds is 8. The zero-order chi connectivity index (χ0) is 15.2. The van der Waals surface area contributed by atoms with E-state index in [1.165, 1.54) is 5.56 Å². The molecule has 0 unspecified atom stereocenters. The second-order valence-corrected chi connectivity index (χ2v) is 6.44. The van der Waals surface area contributed by atoms with Crippen molar-refractivity contribution in [2.45, 2.75) is 60.3 Å². The summed E-state index contributed by atoms with van der Waals surface area (Å²) in [5, 5.41) is 6.92. The van der Waals surface area contributed by atoms with Crippen LogP contribution >= 0.6 is 0 Å². The van der Waals surface area contributed by atoms with Crippen molar-refractivity contribution in [2.75, 3.05) is 23.7 Å². The molecule has 0 saturated heterocycles. The van der Waals surface area contributed by atoms with Crippen molar-refractivity contribution in [1.29, 1.82) is 0 Å². The first-order valence-electron chi connectivity index (χ1n) is 7.74. The fourth-order valence-corrected chi connectivity index (χ4v) is 1.92. The van der Waals surface area contributed by atoms with E-state index in [1.807, 2.05) is 0 Å². The van der Waals surface area contributed by atoms with Gasteiger partial charge in [-0.3, -0.25) is 0 Å². The second kappa shape index (κ2) is 7.46. The number of nitrogens with zero attached hydrogens (tertiary/aromatic N) is 2. The van der Waals surface area contributed by atoms with E-state index >= 15 is 0 Å². The minimum absolute atomic E-state index is 0.274. The van der Waals surface area contributed by atoms with Crippen LogP contribution in [0.3, 0.4) is 0 Å². The summed E-state index contributed by atoms with van der Waals surface area (Å²) in [5.41, 5.74) is 1.46. The molecular formula is C16H30N4. The smallest absolute Gasteiger partial charge is 0.135 e. The third-order valence-electron chi connectivity index (χ3n) is 3.70. The molecule has 1 rings (SSSR count). The zero-order valence-electron chi connectivity index (χ0n) is 13.9. The standard InChI is InChI=1S/C16H30N4/c1-7-9-17-14-13(12(3)4)15(20-11-19-14)18-10-16(5,6)8-2/h11-12H,7-10H2,1-6H3,(H2,17,18,19,20). The fraction of sp³-hybridized carbons (Fsp3) is 0.750. The molecule has 0 aliphatic carbocycles. The molecule has 4 nitrogen and oxygen atoms in total. The summed E-state index contributed by atoms with van der Waals surface area (Å²) in [7, 11) is 0. The van der Waals surface area contributed by atoms with Crippen LogP contribution in [0.5, 0.6) is 0 Å². The van der Waals surface area contributed by atoms with Gasteiger partial charge in [0.05, 0.1) is 0 Å². The quantitative estimate of drug-likeness (QED) is 0.745. The molecule has 1 aromatic rings. The van der Waals surface area contributed by atoms with Gasteiger partial charge in [-0.25, -0.2) is 9.97 Å². The van der Waals surface area contributed by atoms with Crippen LogP contribution < -0.4 is 10.6 Å². The molecule has 0 amide bonds. The van der Waals surface area contributed by atoms with Gasteiger partial charge in [-0.05, 0) is 24.2 Å². The Morgan fingerprint density at radius 1 is 1.10 bits per heavy atom. The molecule has 114 valence electrons. The van der Waals surface area contributed by atoms with Crippen molar-refractivity contribution in [3.05, 3.63) is 11.9 Å². The number of nitrogens with one attached hydrogen (secondary N) is 2. The van der Waals surface area contributed by atoms with Gasteiger partial charge in [0, 0.05) is 18.7 Å². The van der Waals surface area contributed by atoms with Crippen LogP contribution in [-0.4, -0.2) is 23.1 Å². The molecule has 4 heteroatoms. The number of anilines is 2. The molecule has 0 aliphatic rings. The van der Waals surface area contributed by atoms with Crippen LogP contribution in [0.15, 0.2) is 6.33 Å². The van der Waals surface area contributed by atoms with Crippen molar-refractivity contribution in [3.8, 4) is 0 Å². The average molecular weight is 278 g/mol. The highest BCUT2D eigenvalue weighted by molar-refractivity contribution is 5.59. The van der Waals surface area contributed by atoms with E-state index in [0.29, 0.717) is 5.92 Å². The highest BCUT2D eigenvalue weighted by Gasteiger charge is 2.18. The van der Waals surface area contributed by atoms with Crippen LogP contribution in [0.1, 0.15) is 65.9 Å². The van der Waals surface area contributed by atoms with Crippen molar-refractivity contribution >= 4 is 11.6 Å². The van der Waals surface area contributed by atoms with Gasteiger partial charge < -0.3 is 10.6 Å². The van der Waals surface area contributed by atoms with Gasteiger partial charge in [0.1, 0.15) is 18.0 Å². The lowest BCUT2D eigenvalue weighted by Crippen LogP contribution is -2.23. The molecule has 2 N–H and O–H groups in total. The second-order valence-electron chi connectivity index (χ2n) is 6.44. The van der Waals surface area contributed by atoms with Gasteiger partial charge in [-0.1, -0.05) is 41.5 Å². The minimum Gasteiger partial charge on any atom is -0.370 e. The van der Waals surface area contributed by atoms with E-state index in [4.69, 9.17) is 0 Å². The Hall–Kier alpha value is -1.32. The van der Waals surface area contributed by atoms with Crippen LogP contribution in [0.4, 0.5) is 11.6 Å². The van der Waals surface area contributed by atoms with E-state index in [0.717, 1.165) is 37.6 Å². The van der Waals surface area contributed by atoms with Gasteiger partial charge in [0.15, 0.2) is 0 Å². The van der Waals surface area contributed by atoms with E-state index in [-0.39, 0.29) is 5.41 Å². The Kier molecular flexibility index (Phi) is 6.24. The third kappa shape index (κ3) is 4.66. The molecule has 20 heavy (non-hydrogen) atoms. The first-order valence-corrected chi connectivity index (χ1v) is 7.74. The maximum Gasteiger partial charge on any atom is 0.135 e. The molecule has 0 atom stereocenters. The highest BCUT2D eigenvalue weighted by atomic mass is 15.1. The monoisotopic (exact) mass is 278 g/mol. The Morgan fingerprint density at radius 3 is 2.20 bits per heavy atom. The summed E-state index contributed by atoms with van der Waals surface area (Å²) in [5.74, 6) is 2.33. The fourth-order valence-electron chi connectivity index (χ4n) is 1.92. The SMILES string of the molecule is CCCNc1ncnc(NCC(C)(C)CC)c1C(C)C. The van der Waals surface area contributed by atoms with E-state index < -0.39 is 0 Å². The molecule has 0 aromatic carbocycles. The average Bonchev–Trinajstić information content (AvgIpc) is 2.42. The minimum atomic E-state index is 0.274. The molecule has 0 aliphatic heterocycles. The summed E-state index contributed by atoms with van der Waals surface area (Å²) in [6, 6.07) is 0. The van der Waals surface area contributed by atoms with E-state index in [1.54, 1.807) is 6.33 Å². The van der Waals surface area contributed by atoms with Crippen molar-refractivity contribution < 1.29 is 0 Å². The first-order chi connectivity index (χ1) is 9.41. The summed E-state index contributed by atoms with van der Waals surface area (Å²) in [4.78, 5) is 8.84. The first kappa shape index (κ1) is 16.7. The predicted molar refractivity (Wildman–Crippen MR) is 87.5 cm³/mol. The normalized spacial score (nSPS) is 11.8. The topological polar surface area (TPSA) is 49.8 Å². The number of aromatic nitrogens is 2. The van der Waals surface area contributed by atoms with Crippen LogP contribution in [0.25, 0.3) is 0 Å². The molecular weight excluding hydrogens is 248 g/mol. The molecule has 0 fully saturated rings. The lowest BCUT2D eigenvalue weighted by molar-refractivity contribution is 0.376. The van der Waals surface area contributed by atoms with E-state index in [2.05, 4.69) is 62.1 Å². The van der Waals surface area contributed by atoms with Gasteiger partial charge >= 0.3 is 0 Å². The van der Waals surface area contributed by atoms with Gasteiger partial charge in [0.25, 0.3) is 0 Å². The Bertz CT molecular complexity index is 413. The molecule has 0 saturated carbocycles. The van der Waals surface area contributed by atoms with Crippen LogP contribution in [0, 0.1) is 5.41 Å². The molecule has 0 bridgehead atoms. The number of hydrogen-bond donors (Lipinski definition) is 2. The maximum absolute atomic E-state index is 4.44. The Balaban J connectivity index is 2.94. The van der Waals surface area contributed by atoms with Crippen LogP contribution in [-0.2, 0) is 0 Å². The largest absolute Gasteiger partial charge is 0.370 e. The summed E-state index contributed by atoms with van der Waals surface area (Å²) < 4.78 is 0. The molecule has 1 heterocycles. The Labute approximate surface area is 123 Å². The predicted octanol–water partition coefficient (Wildman–Crippen LogP) is 4.27.